The molecule has 0 aliphatic heterocycles. The minimum absolute atomic E-state index is 0.0144. The van der Waals surface area contributed by atoms with Crippen LogP contribution < -0.4 is 10.1 Å². The molecule has 0 aliphatic rings. The van der Waals surface area contributed by atoms with Gasteiger partial charge in [0.05, 0.1) is 7.11 Å². The number of anilines is 1. The van der Waals surface area contributed by atoms with Gasteiger partial charge in [-0.25, -0.2) is 4.79 Å². The third-order valence-electron chi connectivity index (χ3n) is 3.45. The van der Waals surface area contributed by atoms with Gasteiger partial charge in [0, 0.05) is 23.1 Å². The summed E-state index contributed by atoms with van der Waals surface area (Å²) in [6, 6.07) is 5.37. The number of hydrogen-bond donors (Lipinski definition) is 1. The Labute approximate surface area is 152 Å². The molecule has 134 valence electrons. The van der Waals surface area contributed by atoms with Gasteiger partial charge in [0.2, 0.25) is 0 Å². The fourth-order valence-corrected chi connectivity index (χ4v) is 2.98. The maximum atomic E-state index is 12.4. The maximum absolute atomic E-state index is 12.4. The number of rotatable bonds is 5. The predicted molar refractivity (Wildman–Crippen MR) is 99.9 cm³/mol. The van der Waals surface area contributed by atoms with Crippen molar-refractivity contribution in [1.82, 2.24) is 0 Å². The van der Waals surface area contributed by atoms with Crippen molar-refractivity contribution in [3.63, 3.8) is 0 Å². The van der Waals surface area contributed by atoms with E-state index in [1.165, 1.54) is 11.3 Å². The average molecular weight is 361 g/mol. The molecule has 1 N–H and O–H groups in total. The maximum Gasteiger partial charge on any atom is 0.412 e. The van der Waals surface area contributed by atoms with Crippen molar-refractivity contribution < 1.29 is 19.1 Å². The van der Waals surface area contributed by atoms with Crippen LogP contribution in [-0.2, 0) is 11.2 Å². The number of ketones is 1. The van der Waals surface area contributed by atoms with Crippen LogP contribution >= 0.6 is 11.3 Å². The van der Waals surface area contributed by atoms with Gasteiger partial charge in [0.15, 0.2) is 5.78 Å². The van der Waals surface area contributed by atoms with Gasteiger partial charge in [0.25, 0.3) is 0 Å². The van der Waals surface area contributed by atoms with Crippen molar-refractivity contribution in [2.75, 3.05) is 12.4 Å². The second kappa shape index (κ2) is 7.70. The van der Waals surface area contributed by atoms with Gasteiger partial charge in [0.1, 0.15) is 11.4 Å². The predicted octanol–water partition coefficient (Wildman–Crippen LogP) is 4.84. The average Bonchev–Trinajstić information content (AvgIpc) is 3.02. The fraction of sp³-hybridized carbons (Fsp3) is 0.368. The number of ether oxygens (including phenoxy) is 2. The highest BCUT2D eigenvalue weighted by Crippen LogP contribution is 2.28. The molecule has 2 aromatic rings. The molecular formula is C19H23NO4S. The van der Waals surface area contributed by atoms with E-state index in [1.54, 1.807) is 46.1 Å². The molecule has 0 bridgehead atoms. The second-order valence-corrected chi connectivity index (χ2v) is 7.50. The number of amides is 1. The second-order valence-electron chi connectivity index (χ2n) is 6.72. The molecule has 1 aromatic carbocycles. The lowest BCUT2D eigenvalue weighted by atomic mass is 10.0. The van der Waals surface area contributed by atoms with Crippen LogP contribution in [-0.4, -0.2) is 24.6 Å². The number of hydrogen-bond acceptors (Lipinski definition) is 5. The summed E-state index contributed by atoms with van der Waals surface area (Å²) in [7, 11) is 1.58. The van der Waals surface area contributed by atoms with Crippen LogP contribution in [0.2, 0.25) is 0 Å². The number of carbonyl (C=O) groups excluding carboxylic acids is 2. The standard InChI is InChI=1S/C19H23NO4S/c1-12-8-15(20-18(22)24-19(2,3)4)14(10-17(12)23-5)9-16(21)13-6-7-25-11-13/h6-8,10-11H,9H2,1-5H3,(H,20,22). The highest BCUT2D eigenvalue weighted by Gasteiger charge is 2.19. The molecule has 2 rings (SSSR count). The first kappa shape index (κ1) is 19.0. The Balaban J connectivity index is 2.29. The van der Waals surface area contributed by atoms with Crippen molar-refractivity contribution in [1.29, 1.82) is 0 Å². The topological polar surface area (TPSA) is 64.6 Å². The molecule has 0 aliphatic carbocycles. The molecule has 0 saturated carbocycles. The molecule has 1 heterocycles. The molecule has 0 spiro atoms. The van der Waals surface area contributed by atoms with Crippen LogP contribution in [0.15, 0.2) is 29.0 Å². The molecule has 0 unspecified atom stereocenters. The van der Waals surface area contributed by atoms with Crippen molar-refractivity contribution in [2.24, 2.45) is 0 Å². The third-order valence-corrected chi connectivity index (χ3v) is 4.13. The highest BCUT2D eigenvalue weighted by atomic mass is 32.1. The van der Waals surface area contributed by atoms with E-state index in [1.807, 2.05) is 17.7 Å². The first-order valence-electron chi connectivity index (χ1n) is 7.92. The summed E-state index contributed by atoms with van der Waals surface area (Å²) in [6.45, 7) is 7.27. The van der Waals surface area contributed by atoms with Gasteiger partial charge in [-0.2, -0.15) is 11.3 Å². The van der Waals surface area contributed by atoms with E-state index in [-0.39, 0.29) is 12.2 Å². The zero-order valence-electron chi connectivity index (χ0n) is 15.1. The van der Waals surface area contributed by atoms with Crippen molar-refractivity contribution in [3.05, 3.63) is 45.6 Å². The van der Waals surface area contributed by atoms with E-state index < -0.39 is 11.7 Å². The quantitative estimate of drug-likeness (QED) is 0.774. The SMILES string of the molecule is COc1cc(CC(=O)c2ccsc2)c(NC(=O)OC(C)(C)C)cc1C. The first-order chi connectivity index (χ1) is 11.7. The molecule has 1 aromatic heterocycles. The molecule has 5 nitrogen and oxygen atoms in total. The monoisotopic (exact) mass is 361 g/mol. The first-order valence-corrected chi connectivity index (χ1v) is 8.87. The van der Waals surface area contributed by atoms with Crippen LogP contribution in [0.25, 0.3) is 0 Å². The Bertz CT molecular complexity index is 760. The van der Waals surface area contributed by atoms with Gasteiger partial charge < -0.3 is 9.47 Å². The van der Waals surface area contributed by atoms with Gasteiger partial charge in [-0.3, -0.25) is 10.1 Å². The highest BCUT2D eigenvalue weighted by molar-refractivity contribution is 7.08. The van der Waals surface area contributed by atoms with Gasteiger partial charge in [-0.15, -0.1) is 0 Å². The van der Waals surface area contributed by atoms with Crippen LogP contribution in [0.1, 0.15) is 42.3 Å². The van der Waals surface area contributed by atoms with E-state index in [2.05, 4.69) is 5.32 Å². The van der Waals surface area contributed by atoms with Crippen LogP contribution in [0.3, 0.4) is 0 Å². The molecule has 25 heavy (non-hydrogen) atoms. The van der Waals surface area contributed by atoms with E-state index in [4.69, 9.17) is 9.47 Å². The van der Waals surface area contributed by atoms with E-state index >= 15 is 0 Å². The number of aryl methyl sites for hydroxylation is 1. The lowest BCUT2D eigenvalue weighted by Gasteiger charge is -2.21. The Morgan fingerprint density at radius 3 is 2.52 bits per heavy atom. The van der Waals surface area contributed by atoms with Gasteiger partial charge >= 0.3 is 6.09 Å². The number of nitrogens with one attached hydrogen (secondary N) is 1. The molecular weight excluding hydrogens is 338 g/mol. The number of thiophene rings is 1. The minimum atomic E-state index is -0.599. The minimum Gasteiger partial charge on any atom is -0.496 e. The summed E-state index contributed by atoms with van der Waals surface area (Å²) >= 11 is 1.47. The van der Waals surface area contributed by atoms with Crippen LogP contribution in [0.5, 0.6) is 5.75 Å². The molecule has 6 heteroatoms. The van der Waals surface area contributed by atoms with Crippen LogP contribution in [0.4, 0.5) is 10.5 Å². The Morgan fingerprint density at radius 1 is 1.24 bits per heavy atom. The molecule has 0 atom stereocenters. The Hall–Kier alpha value is -2.34. The van der Waals surface area contributed by atoms with E-state index in [0.29, 0.717) is 22.6 Å². The van der Waals surface area contributed by atoms with Crippen LogP contribution in [0, 0.1) is 6.92 Å². The summed E-state index contributed by atoms with van der Waals surface area (Å²) in [4.78, 5) is 24.6. The summed E-state index contributed by atoms with van der Waals surface area (Å²) in [5, 5.41) is 6.42. The van der Waals surface area contributed by atoms with Gasteiger partial charge in [-0.05, 0) is 62.4 Å². The summed E-state index contributed by atoms with van der Waals surface area (Å²) in [5.74, 6) is 0.655. The zero-order valence-corrected chi connectivity index (χ0v) is 16.0. The summed E-state index contributed by atoms with van der Waals surface area (Å²) < 4.78 is 10.7. The third kappa shape index (κ3) is 5.32. The zero-order chi connectivity index (χ0) is 18.6. The number of Topliss-reactive ketones (excluding diaryl/α,β-unsaturated/α-hetero) is 1. The number of methoxy groups -OCH3 is 1. The van der Waals surface area contributed by atoms with Crippen molar-refractivity contribution >= 4 is 28.9 Å². The Morgan fingerprint density at radius 2 is 1.96 bits per heavy atom. The molecule has 0 fully saturated rings. The summed E-state index contributed by atoms with van der Waals surface area (Å²) in [6.07, 6.45) is -0.389. The van der Waals surface area contributed by atoms with Crippen molar-refractivity contribution in [2.45, 2.75) is 39.7 Å². The van der Waals surface area contributed by atoms with E-state index in [0.717, 1.165) is 5.56 Å². The number of benzene rings is 1. The molecule has 0 radical (unpaired) electrons. The fourth-order valence-electron chi connectivity index (χ4n) is 2.32. The van der Waals surface area contributed by atoms with Gasteiger partial charge in [-0.1, -0.05) is 0 Å². The molecule has 1 amide bonds. The number of carbonyl (C=O) groups is 2. The largest absolute Gasteiger partial charge is 0.496 e. The molecule has 0 saturated heterocycles. The summed E-state index contributed by atoms with van der Waals surface area (Å²) in [5.41, 5.74) is 2.16. The Kier molecular flexibility index (Phi) is 5.85. The lowest BCUT2D eigenvalue weighted by Crippen LogP contribution is -2.27. The lowest BCUT2D eigenvalue weighted by molar-refractivity contribution is 0.0635. The van der Waals surface area contributed by atoms with Crippen molar-refractivity contribution in [3.8, 4) is 5.75 Å². The normalized spacial score (nSPS) is 11.1. The van der Waals surface area contributed by atoms with E-state index in [9.17, 15) is 9.59 Å². The smallest absolute Gasteiger partial charge is 0.412 e.